The zero-order valence-electron chi connectivity index (χ0n) is 16.4. The van der Waals surface area contributed by atoms with Crippen molar-refractivity contribution >= 4 is 39.0 Å². The molecule has 1 amide bonds. The number of rotatable bonds is 7. The number of nitrogens with one attached hydrogen (secondary N) is 1. The van der Waals surface area contributed by atoms with Crippen molar-refractivity contribution in [1.29, 1.82) is 0 Å². The van der Waals surface area contributed by atoms with Crippen molar-refractivity contribution in [2.45, 2.75) is 24.2 Å². The van der Waals surface area contributed by atoms with Gasteiger partial charge in [-0.15, -0.1) is 0 Å². The van der Waals surface area contributed by atoms with Gasteiger partial charge in [0.25, 0.3) is 0 Å². The number of carbonyl (C=O) groups excluding carboxylic acids is 2. The van der Waals surface area contributed by atoms with E-state index in [1.165, 1.54) is 24.3 Å². The van der Waals surface area contributed by atoms with Crippen molar-refractivity contribution < 1.29 is 18.0 Å². The number of benzene rings is 2. The van der Waals surface area contributed by atoms with Gasteiger partial charge < -0.3 is 10.2 Å². The van der Waals surface area contributed by atoms with E-state index in [0.717, 1.165) is 25.9 Å². The van der Waals surface area contributed by atoms with Gasteiger partial charge in [0.05, 0.1) is 4.90 Å². The molecule has 1 saturated heterocycles. The van der Waals surface area contributed by atoms with Crippen LogP contribution in [-0.2, 0) is 14.8 Å². The highest BCUT2D eigenvalue weighted by Crippen LogP contribution is 2.23. The van der Waals surface area contributed by atoms with Crippen LogP contribution in [0.25, 0.3) is 0 Å². The topological polar surface area (TPSA) is 110 Å². The molecule has 1 fully saturated rings. The lowest BCUT2D eigenvalue weighted by molar-refractivity contribution is -0.116. The van der Waals surface area contributed by atoms with E-state index in [2.05, 4.69) is 10.2 Å². The van der Waals surface area contributed by atoms with Gasteiger partial charge in [-0.05, 0) is 74.5 Å². The van der Waals surface area contributed by atoms with Crippen molar-refractivity contribution in [3.8, 4) is 0 Å². The number of hydrogen-bond donors (Lipinski definition) is 2. The second-order valence-corrected chi connectivity index (χ2v) is 9.35. The average molecular weight is 450 g/mol. The van der Waals surface area contributed by atoms with Crippen LogP contribution in [0.2, 0.25) is 5.02 Å². The lowest BCUT2D eigenvalue weighted by Gasteiger charge is -2.31. The number of likely N-dealkylation sites (tertiary alicyclic amines) is 1. The van der Waals surface area contributed by atoms with Crippen LogP contribution in [0.1, 0.15) is 29.6 Å². The van der Waals surface area contributed by atoms with E-state index in [9.17, 15) is 18.0 Å². The van der Waals surface area contributed by atoms with Crippen molar-refractivity contribution in [3.05, 3.63) is 59.1 Å². The molecule has 2 aromatic rings. The van der Waals surface area contributed by atoms with E-state index in [1.807, 2.05) is 0 Å². The first kappa shape index (κ1) is 22.4. The van der Waals surface area contributed by atoms with Crippen molar-refractivity contribution in [2.75, 3.05) is 25.0 Å². The van der Waals surface area contributed by atoms with E-state index in [1.54, 1.807) is 24.3 Å². The molecule has 1 aliphatic heterocycles. The summed E-state index contributed by atoms with van der Waals surface area (Å²) in [5, 5.41) is 8.42. The summed E-state index contributed by atoms with van der Waals surface area (Å²) in [5.41, 5.74) is 1.20. The third kappa shape index (κ3) is 6.12. The molecule has 30 heavy (non-hydrogen) atoms. The summed E-state index contributed by atoms with van der Waals surface area (Å²) in [7, 11) is -3.75. The number of carbonyl (C=O) groups is 2. The standard InChI is InChI=1S/C21H24ClN3O4S/c22-17-3-1-15(2-4-17)21(27)16-9-12-25(13-10-16)14-11-20(26)24-18-5-7-19(8-6-18)30(23,28)29/h1-8,16H,9-14H2,(H,24,26)(H2,23,28,29). The van der Waals surface area contributed by atoms with Crippen LogP contribution in [0.4, 0.5) is 5.69 Å². The number of halogens is 1. The quantitative estimate of drug-likeness (QED) is 0.631. The summed E-state index contributed by atoms with van der Waals surface area (Å²) in [6.45, 7) is 2.13. The van der Waals surface area contributed by atoms with Crippen LogP contribution in [0.3, 0.4) is 0 Å². The molecule has 0 saturated carbocycles. The Bertz CT molecular complexity index is 1000. The molecule has 0 aliphatic carbocycles. The van der Waals surface area contributed by atoms with Gasteiger partial charge in [0.2, 0.25) is 15.9 Å². The van der Waals surface area contributed by atoms with Gasteiger partial charge in [0.1, 0.15) is 0 Å². The Morgan fingerprint density at radius 2 is 1.63 bits per heavy atom. The van der Waals surface area contributed by atoms with Gasteiger partial charge in [-0.3, -0.25) is 9.59 Å². The normalized spacial score (nSPS) is 15.7. The summed E-state index contributed by atoms with van der Waals surface area (Å²) >= 11 is 5.88. The van der Waals surface area contributed by atoms with E-state index in [0.29, 0.717) is 29.2 Å². The molecule has 2 aromatic carbocycles. The van der Waals surface area contributed by atoms with E-state index in [4.69, 9.17) is 16.7 Å². The van der Waals surface area contributed by atoms with Crippen LogP contribution >= 0.6 is 11.6 Å². The van der Waals surface area contributed by atoms with Crippen LogP contribution < -0.4 is 10.5 Å². The number of hydrogen-bond acceptors (Lipinski definition) is 5. The third-order valence-electron chi connectivity index (χ3n) is 5.21. The molecule has 0 radical (unpaired) electrons. The fourth-order valence-corrected chi connectivity index (χ4v) is 4.12. The molecule has 0 spiro atoms. The SMILES string of the molecule is NS(=O)(=O)c1ccc(NC(=O)CCN2CCC(C(=O)c3ccc(Cl)cc3)CC2)cc1. The molecular formula is C21H24ClN3O4S. The summed E-state index contributed by atoms with van der Waals surface area (Å²) in [6.07, 6.45) is 1.84. The summed E-state index contributed by atoms with van der Waals surface area (Å²) in [4.78, 5) is 27.0. The number of primary sulfonamides is 1. The second kappa shape index (κ2) is 9.70. The first-order valence-electron chi connectivity index (χ1n) is 9.67. The largest absolute Gasteiger partial charge is 0.326 e. The molecule has 7 nitrogen and oxygen atoms in total. The number of amides is 1. The number of piperidine rings is 1. The highest BCUT2D eigenvalue weighted by Gasteiger charge is 2.25. The smallest absolute Gasteiger partial charge is 0.238 e. The predicted octanol–water partition coefficient (Wildman–Crippen LogP) is 2.91. The fourth-order valence-electron chi connectivity index (χ4n) is 3.48. The zero-order chi connectivity index (χ0) is 21.7. The number of ketones is 1. The Kier molecular flexibility index (Phi) is 7.25. The Labute approximate surface area is 181 Å². The van der Waals surface area contributed by atoms with E-state index < -0.39 is 10.0 Å². The predicted molar refractivity (Wildman–Crippen MR) is 116 cm³/mol. The van der Waals surface area contributed by atoms with Crippen molar-refractivity contribution in [3.63, 3.8) is 0 Å². The molecule has 0 aromatic heterocycles. The van der Waals surface area contributed by atoms with Crippen LogP contribution in [0.5, 0.6) is 0 Å². The molecule has 3 rings (SSSR count). The minimum atomic E-state index is -3.75. The molecule has 0 bridgehead atoms. The second-order valence-electron chi connectivity index (χ2n) is 7.35. The molecule has 1 heterocycles. The van der Waals surface area contributed by atoms with Gasteiger partial charge in [-0.2, -0.15) is 0 Å². The van der Waals surface area contributed by atoms with Crippen molar-refractivity contribution in [2.24, 2.45) is 11.1 Å². The van der Waals surface area contributed by atoms with Gasteiger partial charge in [-0.1, -0.05) is 11.6 Å². The molecule has 0 unspecified atom stereocenters. The highest BCUT2D eigenvalue weighted by atomic mass is 35.5. The Balaban J connectivity index is 1.42. The van der Waals surface area contributed by atoms with Crippen molar-refractivity contribution in [1.82, 2.24) is 4.90 Å². The van der Waals surface area contributed by atoms with Gasteiger partial charge in [0.15, 0.2) is 5.78 Å². The average Bonchev–Trinajstić information content (AvgIpc) is 2.72. The van der Waals surface area contributed by atoms with E-state index >= 15 is 0 Å². The number of anilines is 1. The fraction of sp³-hybridized carbons (Fsp3) is 0.333. The van der Waals surface area contributed by atoms with Gasteiger partial charge >= 0.3 is 0 Å². The lowest BCUT2D eigenvalue weighted by atomic mass is 9.89. The Morgan fingerprint density at radius 3 is 2.20 bits per heavy atom. The molecular weight excluding hydrogens is 426 g/mol. The third-order valence-corrected chi connectivity index (χ3v) is 6.39. The molecule has 160 valence electrons. The minimum absolute atomic E-state index is 0.00322. The molecule has 1 aliphatic rings. The first-order valence-corrected chi connectivity index (χ1v) is 11.6. The number of sulfonamides is 1. The summed E-state index contributed by atoms with van der Waals surface area (Å²) < 4.78 is 22.5. The lowest BCUT2D eigenvalue weighted by Crippen LogP contribution is -2.38. The van der Waals surface area contributed by atoms with Crippen LogP contribution in [0.15, 0.2) is 53.4 Å². The van der Waals surface area contributed by atoms with E-state index in [-0.39, 0.29) is 22.5 Å². The highest BCUT2D eigenvalue weighted by molar-refractivity contribution is 7.89. The Morgan fingerprint density at radius 1 is 1.03 bits per heavy atom. The monoisotopic (exact) mass is 449 g/mol. The summed E-state index contributed by atoms with van der Waals surface area (Å²) in [6, 6.07) is 12.7. The zero-order valence-corrected chi connectivity index (χ0v) is 18.0. The molecule has 3 N–H and O–H groups in total. The number of nitrogens with zero attached hydrogens (tertiary/aromatic N) is 1. The number of Topliss-reactive ketones (excluding diaryl/α,β-unsaturated/α-hetero) is 1. The van der Waals surface area contributed by atoms with Crippen LogP contribution in [-0.4, -0.2) is 44.6 Å². The maximum Gasteiger partial charge on any atom is 0.238 e. The summed E-state index contributed by atoms with van der Waals surface area (Å²) in [5.74, 6) is -0.0155. The van der Waals surface area contributed by atoms with Gasteiger partial charge in [-0.25, -0.2) is 13.6 Å². The van der Waals surface area contributed by atoms with Gasteiger partial charge in [0, 0.05) is 35.2 Å². The van der Waals surface area contributed by atoms with Crippen LogP contribution in [0, 0.1) is 5.92 Å². The maximum absolute atomic E-state index is 12.6. The Hall–Kier alpha value is -2.26. The number of nitrogens with two attached hydrogens (primary N) is 1. The molecule has 9 heteroatoms. The first-order chi connectivity index (χ1) is 14.2. The minimum Gasteiger partial charge on any atom is -0.326 e. The maximum atomic E-state index is 12.6. The molecule has 0 atom stereocenters.